The summed E-state index contributed by atoms with van der Waals surface area (Å²) in [7, 11) is 0. The van der Waals surface area contributed by atoms with Crippen molar-refractivity contribution in [3.8, 4) is 16.9 Å². The normalized spacial score (nSPS) is 10.5. The van der Waals surface area contributed by atoms with Gasteiger partial charge in [-0.1, -0.05) is 30.0 Å². The van der Waals surface area contributed by atoms with Crippen LogP contribution >= 0.6 is 11.8 Å². The molecule has 0 aliphatic carbocycles. The smallest absolute Gasteiger partial charge is 0.234 e. The molecule has 0 aliphatic rings. The Labute approximate surface area is 189 Å². The maximum atomic E-state index is 12.3. The van der Waals surface area contributed by atoms with Crippen LogP contribution in [0, 0.1) is 0 Å². The molecule has 2 N–H and O–H groups in total. The summed E-state index contributed by atoms with van der Waals surface area (Å²) < 4.78 is 1.93. The van der Waals surface area contributed by atoms with Gasteiger partial charge in [-0.25, -0.2) is 4.98 Å². The number of benzene rings is 2. The molecule has 0 atom stereocenters. The number of thioether (sulfide) groups is 1. The molecule has 0 unspecified atom stereocenters. The minimum atomic E-state index is -0.170. The van der Waals surface area contributed by atoms with E-state index >= 15 is 0 Å². The van der Waals surface area contributed by atoms with Crippen LogP contribution in [0.1, 0.15) is 6.92 Å². The molecule has 2 aromatic carbocycles. The fraction of sp³-hybridized carbons (Fsp3) is 0.0870. The minimum Gasteiger partial charge on any atom is -0.326 e. The van der Waals surface area contributed by atoms with Crippen LogP contribution in [0.4, 0.5) is 11.4 Å². The molecular formula is C23H20N6O2S. The van der Waals surface area contributed by atoms with E-state index in [1.807, 2.05) is 47.2 Å². The van der Waals surface area contributed by atoms with Crippen molar-refractivity contribution in [3.63, 3.8) is 0 Å². The van der Waals surface area contributed by atoms with E-state index in [-0.39, 0.29) is 17.6 Å². The molecular weight excluding hydrogens is 424 g/mol. The summed E-state index contributed by atoms with van der Waals surface area (Å²) in [5.41, 5.74) is 3.96. The largest absolute Gasteiger partial charge is 0.326 e. The number of hydrogen-bond acceptors (Lipinski definition) is 6. The molecule has 160 valence electrons. The van der Waals surface area contributed by atoms with E-state index in [0.717, 1.165) is 16.9 Å². The Kier molecular flexibility index (Phi) is 6.57. The van der Waals surface area contributed by atoms with Crippen molar-refractivity contribution in [1.82, 2.24) is 19.7 Å². The first-order valence-corrected chi connectivity index (χ1v) is 10.8. The number of hydrogen-bond donors (Lipinski definition) is 2. The van der Waals surface area contributed by atoms with Gasteiger partial charge in [0.05, 0.1) is 17.8 Å². The fourth-order valence-electron chi connectivity index (χ4n) is 2.98. The van der Waals surface area contributed by atoms with E-state index in [0.29, 0.717) is 16.4 Å². The maximum absolute atomic E-state index is 12.3. The molecule has 2 heterocycles. The summed E-state index contributed by atoms with van der Waals surface area (Å²) in [6.07, 6.45) is 5.37. The monoisotopic (exact) mass is 444 g/mol. The zero-order valence-corrected chi connectivity index (χ0v) is 18.0. The van der Waals surface area contributed by atoms with Crippen molar-refractivity contribution in [3.05, 3.63) is 79.4 Å². The highest BCUT2D eigenvalue weighted by atomic mass is 32.2. The number of anilines is 2. The topological polar surface area (TPSA) is 102 Å². The predicted octanol–water partition coefficient (Wildman–Crippen LogP) is 4.02. The minimum absolute atomic E-state index is 0.166. The molecule has 0 saturated heterocycles. The summed E-state index contributed by atoms with van der Waals surface area (Å²) in [5, 5.41) is 14.7. The van der Waals surface area contributed by atoms with Crippen LogP contribution in [0.25, 0.3) is 16.9 Å². The molecule has 0 fully saturated rings. The van der Waals surface area contributed by atoms with E-state index in [2.05, 4.69) is 25.8 Å². The first-order chi connectivity index (χ1) is 15.6. The predicted molar refractivity (Wildman–Crippen MR) is 125 cm³/mol. The second-order valence-electron chi connectivity index (χ2n) is 6.87. The fourth-order valence-corrected chi connectivity index (χ4v) is 3.60. The Morgan fingerprint density at radius 1 is 0.969 bits per heavy atom. The van der Waals surface area contributed by atoms with Crippen molar-refractivity contribution in [1.29, 1.82) is 0 Å². The highest BCUT2D eigenvalue weighted by Crippen LogP contribution is 2.22. The van der Waals surface area contributed by atoms with E-state index < -0.39 is 0 Å². The zero-order chi connectivity index (χ0) is 22.3. The second kappa shape index (κ2) is 9.88. The molecule has 0 spiro atoms. The number of carbonyl (C=O) groups excluding carboxylic acids is 2. The van der Waals surface area contributed by atoms with Crippen LogP contribution in [0.15, 0.2) is 84.4 Å². The SMILES string of the molecule is CC(=O)Nc1cccc(NC(=O)CSc2ccc(-c3ccc(-n4ccnc4)cc3)nn2)c1. The number of nitrogens with zero attached hydrogens (tertiary/aromatic N) is 4. The molecule has 4 rings (SSSR count). The first kappa shape index (κ1) is 21.3. The van der Waals surface area contributed by atoms with E-state index in [4.69, 9.17) is 0 Å². The van der Waals surface area contributed by atoms with Gasteiger partial charge < -0.3 is 15.2 Å². The van der Waals surface area contributed by atoms with Crippen LogP contribution in [-0.4, -0.2) is 37.3 Å². The standard InChI is InChI=1S/C23H20N6O2S/c1-16(30)25-18-3-2-4-19(13-18)26-22(31)14-32-23-10-9-21(27-28-23)17-5-7-20(8-6-17)29-12-11-24-15-29/h2-13,15H,14H2,1H3,(H,25,30)(H,26,31). The Morgan fingerprint density at radius 3 is 2.41 bits per heavy atom. The third kappa shape index (κ3) is 5.58. The highest BCUT2D eigenvalue weighted by Gasteiger charge is 2.07. The van der Waals surface area contributed by atoms with Gasteiger partial charge in [0, 0.05) is 41.9 Å². The van der Waals surface area contributed by atoms with Gasteiger partial charge in [-0.05, 0) is 42.5 Å². The summed E-state index contributed by atoms with van der Waals surface area (Å²) in [6.45, 7) is 1.44. The van der Waals surface area contributed by atoms with Crippen molar-refractivity contribution in [2.24, 2.45) is 0 Å². The average molecular weight is 445 g/mol. The lowest BCUT2D eigenvalue weighted by Gasteiger charge is -2.08. The molecule has 0 bridgehead atoms. The van der Waals surface area contributed by atoms with Gasteiger partial charge in [-0.15, -0.1) is 10.2 Å². The van der Waals surface area contributed by atoms with Gasteiger partial charge in [0.25, 0.3) is 0 Å². The summed E-state index contributed by atoms with van der Waals surface area (Å²) in [6, 6.07) is 18.7. The summed E-state index contributed by atoms with van der Waals surface area (Å²) in [5.74, 6) is -0.144. The average Bonchev–Trinajstić information content (AvgIpc) is 3.33. The van der Waals surface area contributed by atoms with Gasteiger partial charge in [-0.3, -0.25) is 9.59 Å². The number of amides is 2. The molecule has 4 aromatic rings. The Balaban J connectivity index is 1.32. The van der Waals surface area contributed by atoms with Crippen molar-refractivity contribution in [2.75, 3.05) is 16.4 Å². The Bertz CT molecular complexity index is 1210. The van der Waals surface area contributed by atoms with Crippen molar-refractivity contribution < 1.29 is 9.59 Å². The molecule has 0 radical (unpaired) electrons. The Hall–Kier alpha value is -3.98. The lowest BCUT2D eigenvalue weighted by atomic mass is 10.1. The molecule has 32 heavy (non-hydrogen) atoms. The van der Waals surface area contributed by atoms with Crippen LogP contribution in [-0.2, 0) is 9.59 Å². The Morgan fingerprint density at radius 2 is 1.75 bits per heavy atom. The quantitative estimate of drug-likeness (QED) is 0.418. The van der Waals surface area contributed by atoms with Crippen molar-refractivity contribution in [2.45, 2.75) is 11.9 Å². The van der Waals surface area contributed by atoms with Gasteiger partial charge in [0.15, 0.2) is 0 Å². The van der Waals surface area contributed by atoms with Crippen LogP contribution in [0.5, 0.6) is 0 Å². The molecule has 9 heteroatoms. The van der Waals surface area contributed by atoms with Gasteiger partial charge >= 0.3 is 0 Å². The number of aromatic nitrogens is 4. The van der Waals surface area contributed by atoms with Crippen molar-refractivity contribution >= 4 is 35.0 Å². The third-order valence-corrected chi connectivity index (χ3v) is 5.34. The molecule has 0 saturated carbocycles. The van der Waals surface area contributed by atoms with E-state index in [1.54, 1.807) is 36.8 Å². The lowest BCUT2D eigenvalue weighted by molar-refractivity contribution is -0.114. The highest BCUT2D eigenvalue weighted by molar-refractivity contribution is 7.99. The third-order valence-electron chi connectivity index (χ3n) is 4.42. The van der Waals surface area contributed by atoms with Crippen LogP contribution < -0.4 is 10.6 Å². The first-order valence-electron chi connectivity index (χ1n) is 9.79. The van der Waals surface area contributed by atoms with E-state index in [1.165, 1.54) is 18.7 Å². The number of rotatable bonds is 7. The molecule has 0 aliphatic heterocycles. The van der Waals surface area contributed by atoms with Gasteiger partial charge in [0.1, 0.15) is 5.03 Å². The van der Waals surface area contributed by atoms with Crippen LogP contribution in [0.3, 0.4) is 0 Å². The lowest BCUT2D eigenvalue weighted by Crippen LogP contribution is -2.14. The van der Waals surface area contributed by atoms with E-state index in [9.17, 15) is 9.59 Å². The molecule has 2 aromatic heterocycles. The van der Waals surface area contributed by atoms with Gasteiger partial charge in [-0.2, -0.15) is 0 Å². The zero-order valence-electron chi connectivity index (χ0n) is 17.2. The number of imidazole rings is 1. The maximum Gasteiger partial charge on any atom is 0.234 e. The van der Waals surface area contributed by atoms with Crippen LogP contribution in [0.2, 0.25) is 0 Å². The molecule has 8 nitrogen and oxygen atoms in total. The summed E-state index contributed by atoms with van der Waals surface area (Å²) in [4.78, 5) is 27.5. The number of nitrogens with one attached hydrogen (secondary N) is 2. The summed E-state index contributed by atoms with van der Waals surface area (Å²) >= 11 is 1.30. The second-order valence-corrected chi connectivity index (χ2v) is 7.87. The number of carbonyl (C=O) groups is 2. The molecule has 2 amide bonds. The van der Waals surface area contributed by atoms with Gasteiger partial charge in [0.2, 0.25) is 11.8 Å².